The van der Waals surface area contributed by atoms with Crippen molar-refractivity contribution in [2.45, 2.75) is 0 Å². The maximum absolute atomic E-state index is 13.3. The van der Waals surface area contributed by atoms with Gasteiger partial charge in [-0.1, -0.05) is 41.4 Å². The second kappa shape index (κ2) is 5.85. The normalized spacial score (nSPS) is 10.8. The summed E-state index contributed by atoms with van der Waals surface area (Å²) in [5, 5.41) is 4.83. The van der Waals surface area contributed by atoms with Crippen molar-refractivity contribution in [3.05, 3.63) is 63.9 Å². The van der Waals surface area contributed by atoms with Gasteiger partial charge in [0, 0.05) is 5.56 Å². The quantitative estimate of drug-likeness (QED) is 0.647. The Labute approximate surface area is 114 Å². The minimum atomic E-state index is -0.322. The van der Waals surface area contributed by atoms with Crippen LogP contribution in [0.4, 0.5) is 10.1 Å². The van der Waals surface area contributed by atoms with Crippen molar-refractivity contribution in [1.29, 1.82) is 0 Å². The average Bonchev–Trinajstić information content (AvgIpc) is 2.36. The van der Waals surface area contributed by atoms with Gasteiger partial charge in [0.25, 0.3) is 0 Å². The van der Waals surface area contributed by atoms with Crippen LogP contribution in [0.2, 0.25) is 10.0 Å². The third kappa shape index (κ3) is 3.22. The molecule has 2 rings (SSSR count). The van der Waals surface area contributed by atoms with Crippen LogP contribution in [0, 0.1) is 5.82 Å². The van der Waals surface area contributed by atoms with Crippen molar-refractivity contribution in [3.63, 3.8) is 0 Å². The van der Waals surface area contributed by atoms with Crippen LogP contribution in [0.3, 0.4) is 0 Å². The zero-order valence-corrected chi connectivity index (χ0v) is 10.7. The lowest BCUT2D eigenvalue weighted by Crippen LogP contribution is -1.92. The fourth-order valence-electron chi connectivity index (χ4n) is 1.32. The lowest BCUT2D eigenvalue weighted by molar-refractivity contribution is 0.626. The average molecular weight is 283 g/mol. The van der Waals surface area contributed by atoms with Crippen LogP contribution in [-0.2, 0) is 0 Å². The molecule has 0 unspecified atom stereocenters. The first-order chi connectivity index (χ1) is 8.66. The van der Waals surface area contributed by atoms with Crippen molar-refractivity contribution < 1.29 is 4.39 Å². The van der Waals surface area contributed by atoms with E-state index in [0.29, 0.717) is 21.3 Å². The number of nitrogens with zero attached hydrogens (tertiary/aromatic N) is 1. The molecule has 0 saturated heterocycles. The molecule has 0 heterocycles. The number of anilines is 1. The van der Waals surface area contributed by atoms with Gasteiger partial charge in [-0.05, 0) is 24.3 Å². The van der Waals surface area contributed by atoms with Crippen molar-refractivity contribution in [3.8, 4) is 0 Å². The van der Waals surface area contributed by atoms with Crippen LogP contribution in [0.1, 0.15) is 5.56 Å². The van der Waals surface area contributed by atoms with Crippen molar-refractivity contribution in [2.24, 2.45) is 5.10 Å². The summed E-state index contributed by atoms with van der Waals surface area (Å²) in [6, 6.07) is 11.4. The number of halogens is 3. The standard InChI is InChI=1S/C13H9Cl2FN2/c14-11-6-5-10(7-12(11)15)18-17-8-9-3-1-2-4-13(9)16/h1-8,18H/b17-8-. The number of nitrogens with one attached hydrogen (secondary N) is 1. The lowest BCUT2D eigenvalue weighted by atomic mass is 10.2. The highest BCUT2D eigenvalue weighted by atomic mass is 35.5. The van der Waals surface area contributed by atoms with E-state index in [-0.39, 0.29) is 5.82 Å². The Morgan fingerprint density at radius 2 is 1.83 bits per heavy atom. The Balaban J connectivity index is 2.07. The van der Waals surface area contributed by atoms with E-state index in [2.05, 4.69) is 10.5 Å². The summed E-state index contributed by atoms with van der Waals surface area (Å²) in [7, 11) is 0. The molecule has 0 aliphatic rings. The molecule has 0 amide bonds. The molecule has 0 bridgehead atoms. The largest absolute Gasteiger partial charge is 0.278 e. The molecule has 92 valence electrons. The second-order valence-corrected chi connectivity index (χ2v) is 4.33. The third-order valence-corrected chi connectivity index (χ3v) is 2.96. The summed E-state index contributed by atoms with van der Waals surface area (Å²) in [5.74, 6) is -0.322. The van der Waals surface area contributed by atoms with Gasteiger partial charge in [0.05, 0.1) is 21.9 Å². The van der Waals surface area contributed by atoms with E-state index in [1.165, 1.54) is 12.3 Å². The van der Waals surface area contributed by atoms with Gasteiger partial charge >= 0.3 is 0 Å². The van der Waals surface area contributed by atoms with E-state index < -0.39 is 0 Å². The lowest BCUT2D eigenvalue weighted by Gasteiger charge is -2.02. The van der Waals surface area contributed by atoms with E-state index >= 15 is 0 Å². The first-order valence-electron chi connectivity index (χ1n) is 5.15. The molecule has 5 heteroatoms. The van der Waals surface area contributed by atoms with Crippen molar-refractivity contribution in [1.82, 2.24) is 0 Å². The molecule has 0 fully saturated rings. The van der Waals surface area contributed by atoms with Crippen LogP contribution < -0.4 is 5.43 Å². The molecule has 2 aromatic rings. The summed E-state index contributed by atoms with van der Waals surface area (Å²) in [6.45, 7) is 0. The number of hydrazone groups is 1. The highest BCUT2D eigenvalue weighted by Gasteiger charge is 1.98. The molecule has 0 aliphatic heterocycles. The maximum Gasteiger partial charge on any atom is 0.132 e. The van der Waals surface area contributed by atoms with Crippen LogP contribution in [0.5, 0.6) is 0 Å². The summed E-state index contributed by atoms with van der Waals surface area (Å²) in [6.07, 6.45) is 1.40. The van der Waals surface area contributed by atoms with Gasteiger partial charge in [0.1, 0.15) is 5.82 Å². The zero-order chi connectivity index (χ0) is 13.0. The predicted octanol–water partition coefficient (Wildman–Crippen LogP) is 4.58. The van der Waals surface area contributed by atoms with Gasteiger partial charge in [0.2, 0.25) is 0 Å². The van der Waals surface area contributed by atoms with Crippen LogP contribution in [-0.4, -0.2) is 6.21 Å². The van der Waals surface area contributed by atoms with E-state index in [0.717, 1.165) is 0 Å². The fourth-order valence-corrected chi connectivity index (χ4v) is 1.62. The van der Waals surface area contributed by atoms with E-state index in [9.17, 15) is 4.39 Å². The molecule has 1 N–H and O–H groups in total. The summed E-state index contributed by atoms with van der Waals surface area (Å²) >= 11 is 11.6. The van der Waals surface area contributed by atoms with Crippen LogP contribution in [0.15, 0.2) is 47.6 Å². The second-order valence-electron chi connectivity index (χ2n) is 3.52. The molecular formula is C13H9Cl2FN2. The summed E-state index contributed by atoms with van der Waals surface area (Å²) in [5.41, 5.74) is 3.83. The van der Waals surface area contributed by atoms with Crippen LogP contribution in [0.25, 0.3) is 0 Å². The Bertz CT molecular complexity index is 585. The Morgan fingerprint density at radius 3 is 2.56 bits per heavy atom. The topological polar surface area (TPSA) is 24.4 Å². The highest BCUT2D eigenvalue weighted by molar-refractivity contribution is 6.42. The number of hydrogen-bond acceptors (Lipinski definition) is 2. The Kier molecular flexibility index (Phi) is 4.18. The van der Waals surface area contributed by atoms with Gasteiger partial charge in [-0.15, -0.1) is 0 Å². The van der Waals surface area contributed by atoms with Crippen LogP contribution >= 0.6 is 23.2 Å². The summed E-state index contributed by atoms with van der Waals surface area (Å²) < 4.78 is 13.3. The predicted molar refractivity (Wildman–Crippen MR) is 74.1 cm³/mol. The first kappa shape index (κ1) is 12.9. The zero-order valence-electron chi connectivity index (χ0n) is 9.20. The third-order valence-electron chi connectivity index (χ3n) is 2.22. The SMILES string of the molecule is Fc1ccccc1/C=N\Nc1ccc(Cl)c(Cl)c1. The molecule has 0 atom stereocenters. The first-order valence-corrected chi connectivity index (χ1v) is 5.91. The molecular weight excluding hydrogens is 274 g/mol. The van der Waals surface area contributed by atoms with E-state index in [1.54, 1.807) is 36.4 Å². The number of hydrogen-bond donors (Lipinski definition) is 1. The molecule has 0 aromatic heterocycles. The van der Waals surface area contributed by atoms with Gasteiger partial charge < -0.3 is 0 Å². The van der Waals surface area contributed by atoms with Crippen molar-refractivity contribution >= 4 is 35.1 Å². The van der Waals surface area contributed by atoms with Gasteiger partial charge in [-0.25, -0.2) is 4.39 Å². The minimum absolute atomic E-state index is 0.322. The van der Waals surface area contributed by atoms with Gasteiger partial charge in [-0.2, -0.15) is 5.10 Å². The minimum Gasteiger partial charge on any atom is -0.278 e. The molecule has 0 saturated carbocycles. The van der Waals surface area contributed by atoms with Crippen molar-refractivity contribution in [2.75, 3.05) is 5.43 Å². The molecule has 2 nitrogen and oxygen atoms in total. The smallest absolute Gasteiger partial charge is 0.132 e. The molecule has 0 aliphatic carbocycles. The molecule has 2 aromatic carbocycles. The van der Waals surface area contributed by atoms with E-state index in [4.69, 9.17) is 23.2 Å². The van der Waals surface area contributed by atoms with Gasteiger partial charge in [-0.3, -0.25) is 5.43 Å². The molecule has 0 spiro atoms. The molecule has 18 heavy (non-hydrogen) atoms. The number of rotatable bonds is 3. The monoisotopic (exact) mass is 282 g/mol. The summed E-state index contributed by atoms with van der Waals surface area (Å²) in [4.78, 5) is 0. The van der Waals surface area contributed by atoms with Gasteiger partial charge in [0.15, 0.2) is 0 Å². The highest BCUT2D eigenvalue weighted by Crippen LogP contribution is 2.24. The van der Waals surface area contributed by atoms with E-state index in [1.807, 2.05) is 0 Å². The fraction of sp³-hybridized carbons (Fsp3) is 0. The molecule has 0 radical (unpaired) electrons. The Hall–Kier alpha value is -1.58. The maximum atomic E-state index is 13.3. The Morgan fingerprint density at radius 1 is 1.06 bits per heavy atom. The number of benzene rings is 2.